The van der Waals surface area contributed by atoms with E-state index in [-0.39, 0.29) is 24.9 Å². The van der Waals surface area contributed by atoms with Crippen molar-refractivity contribution >= 4 is 17.5 Å². The maximum atomic E-state index is 11.2. The van der Waals surface area contributed by atoms with Crippen molar-refractivity contribution in [1.29, 1.82) is 0 Å². The fourth-order valence-electron chi connectivity index (χ4n) is 2.55. The number of benzene rings is 1. The Kier molecular flexibility index (Phi) is 6.07. The number of nitrogens with zero attached hydrogens (tertiary/aromatic N) is 4. The molecule has 3 rings (SSSR count). The van der Waals surface area contributed by atoms with E-state index in [1.54, 1.807) is 49.6 Å². The van der Waals surface area contributed by atoms with Crippen LogP contribution < -0.4 is 10.6 Å². The predicted molar refractivity (Wildman–Crippen MR) is 106 cm³/mol. The summed E-state index contributed by atoms with van der Waals surface area (Å²) in [5.74, 6) is 0.840. The Morgan fingerprint density at radius 3 is 2.75 bits per heavy atom. The summed E-state index contributed by atoms with van der Waals surface area (Å²) >= 11 is 0. The van der Waals surface area contributed by atoms with E-state index in [0.717, 1.165) is 5.56 Å². The highest BCUT2D eigenvalue weighted by Crippen LogP contribution is 2.23. The number of hydrogen-bond acceptors (Lipinski definition) is 8. The van der Waals surface area contributed by atoms with Gasteiger partial charge in [-0.25, -0.2) is 4.98 Å². The molecule has 0 fully saturated rings. The molecule has 2 heterocycles. The van der Waals surface area contributed by atoms with Gasteiger partial charge in [0.05, 0.1) is 17.2 Å². The molecule has 0 radical (unpaired) electrons. The lowest BCUT2D eigenvalue weighted by molar-refractivity contribution is -0.385. The zero-order chi connectivity index (χ0) is 19.9. The molecule has 1 atom stereocenters. The van der Waals surface area contributed by atoms with Crippen LogP contribution in [0, 0.1) is 10.1 Å². The van der Waals surface area contributed by atoms with Gasteiger partial charge in [-0.2, -0.15) is 4.98 Å². The van der Waals surface area contributed by atoms with Gasteiger partial charge in [-0.3, -0.25) is 15.1 Å². The number of aliphatic hydroxyl groups is 1. The van der Waals surface area contributed by atoms with Crippen molar-refractivity contribution in [1.82, 2.24) is 15.0 Å². The van der Waals surface area contributed by atoms with Crippen LogP contribution in [0.2, 0.25) is 0 Å². The van der Waals surface area contributed by atoms with Crippen molar-refractivity contribution in [2.45, 2.75) is 19.5 Å². The molecule has 28 heavy (non-hydrogen) atoms. The average molecular weight is 380 g/mol. The summed E-state index contributed by atoms with van der Waals surface area (Å²) in [7, 11) is 0. The van der Waals surface area contributed by atoms with Crippen LogP contribution in [0.4, 0.5) is 17.5 Å². The molecule has 0 aliphatic rings. The summed E-state index contributed by atoms with van der Waals surface area (Å²) in [6, 6.07) is 11.7. The lowest BCUT2D eigenvalue weighted by atomic mass is 10.1. The third kappa shape index (κ3) is 4.77. The maximum absolute atomic E-state index is 11.2. The quantitative estimate of drug-likeness (QED) is 0.402. The van der Waals surface area contributed by atoms with Gasteiger partial charge in [0.2, 0.25) is 5.95 Å². The van der Waals surface area contributed by atoms with Crippen molar-refractivity contribution in [3.63, 3.8) is 0 Å². The molecule has 0 saturated heterocycles. The number of nitrogens with one attached hydrogen (secondary N) is 2. The zero-order valence-electron chi connectivity index (χ0n) is 15.2. The second-order valence-electron chi connectivity index (χ2n) is 6.17. The molecule has 9 nitrogen and oxygen atoms in total. The Morgan fingerprint density at radius 2 is 2.04 bits per heavy atom. The van der Waals surface area contributed by atoms with E-state index in [9.17, 15) is 15.2 Å². The molecule has 0 aliphatic carbocycles. The Bertz CT molecular complexity index is 951. The van der Waals surface area contributed by atoms with E-state index in [1.165, 1.54) is 6.07 Å². The summed E-state index contributed by atoms with van der Waals surface area (Å²) in [5, 5.41) is 26.6. The third-order valence-electron chi connectivity index (χ3n) is 3.98. The van der Waals surface area contributed by atoms with Gasteiger partial charge in [0.25, 0.3) is 5.69 Å². The van der Waals surface area contributed by atoms with Gasteiger partial charge in [0, 0.05) is 48.2 Å². The van der Waals surface area contributed by atoms with Crippen LogP contribution in [-0.4, -0.2) is 37.6 Å². The molecule has 9 heteroatoms. The van der Waals surface area contributed by atoms with E-state index in [1.807, 2.05) is 6.07 Å². The first-order chi connectivity index (χ1) is 13.6. The monoisotopic (exact) mass is 380 g/mol. The lowest BCUT2D eigenvalue weighted by Crippen LogP contribution is -2.21. The number of anilines is 2. The lowest BCUT2D eigenvalue weighted by Gasteiger charge is -2.14. The molecule has 0 spiro atoms. The van der Waals surface area contributed by atoms with Crippen LogP contribution in [-0.2, 0) is 6.54 Å². The van der Waals surface area contributed by atoms with Crippen molar-refractivity contribution < 1.29 is 10.0 Å². The SMILES string of the molecule is C[C@H](CO)Nc1nc(NCc2ccccc2[N+](=O)[O-])cc(-c2cccnc2)n1. The fourth-order valence-corrected chi connectivity index (χ4v) is 2.55. The van der Waals surface area contributed by atoms with Crippen LogP contribution in [0.1, 0.15) is 12.5 Å². The Hall–Kier alpha value is -3.59. The average Bonchev–Trinajstić information content (AvgIpc) is 2.72. The summed E-state index contributed by atoms with van der Waals surface area (Å²) < 4.78 is 0. The number of nitro groups is 1. The zero-order valence-corrected chi connectivity index (χ0v) is 15.2. The van der Waals surface area contributed by atoms with E-state index in [4.69, 9.17) is 0 Å². The fraction of sp³-hybridized carbons (Fsp3) is 0.211. The van der Waals surface area contributed by atoms with Crippen LogP contribution in [0.5, 0.6) is 0 Å². The van der Waals surface area contributed by atoms with Crippen molar-refractivity contribution in [3.05, 3.63) is 70.5 Å². The largest absolute Gasteiger partial charge is 0.394 e. The van der Waals surface area contributed by atoms with Crippen LogP contribution in [0.3, 0.4) is 0 Å². The highest BCUT2D eigenvalue weighted by atomic mass is 16.6. The van der Waals surface area contributed by atoms with E-state index in [2.05, 4.69) is 25.6 Å². The highest BCUT2D eigenvalue weighted by molar-refractivity contribution is 5.63. The predicted octanol–water partition coefficient (Wildman–Crippen LogP) is 2.85. The van der Waals surface area contributed by atoms with E-state index < -0.39 is 4.92 Å². The first-order valence-corrected chi connectivity index (χ1v) is 8.70. The molecule has 3 N–H and O–H groups in total. The number of rotatable bonds is 8. The standard InChI is InChI=1S/C19H20N6O3/c1-13(12-26)22-19-23-16(14-6-4-8-20-10-14)9-18(24-19)21-11-15-5-2-3-7-17(15)25(27)28/h2-10,13,26H,11-12H2,1H3,(H2,21,22,23,24)/t13-/m1/s1. The van der Waals surface area contributed by atoms with Gasteiger partial charge < -0.3 is 15.7 Å². The smallest absolute Gasteiger partial charge is 0.274 e. The van der Waals surface area contributed by atoms with Crippen LogP contribution >= 0.6 is 0 Å². The normalized spacial score (nSPS) is 11.6. The third-order valence-corrected chi connectivity index (χ3v) is 3.98. The number of nitro benzene ring substituents is 1. The van der Waals surface area contributed by atoms with Gasteiger partial charge in [-0.05, 0) is 19.1 Å². The maximum Gasteiger partial charge on any atom is 0.274 e. The van der Waals surface area contributed by atoms with Crippen molar-refractivity contribution in [2.24, 2.45) is 0 Å². The van der Waals surface area contributed by atoms with E-state index in [0.29, 0.717) is 23.0 Å². The molecule has 0 amide bonds. The molecule has 3 aromatic rings. The highest BCUT2D eigenvalue weighted by Gasteiger charge is 2.13. The van der Waals surface area contributed by atoms with Gasteiger partial charge in [-0.15, -0.1) is 0 Å². The topological polar surface area (TPSA) is 126 Å². The Labute approximate surface area is 161 Å². The van der Waals surface area contributed by atoms with Crippen molar-refractivity contribution in [3.8, 4) is 11.3 Å². The minimum absolute atomic E-state index is 0.0452. The summed E-state index contributed by atoms with van der Waals surface area (Å²) in [4.78, 5) is 23.8. The molecule has 144 valence electrons. The number of aliphatic hydroxyl groups excluding tert-OH is 1. The van der Waals surface area contributed by atoms with Gasteiger partial charge in [-0.1, -0.05) is 18.2 Å². The van der Waals surface area contributed by atoms with Gasteiger partial charge >= 0.3 is 0 Å². The first-order valence-electron chi connectivity index (χ1n) is 8.70. The Balaban J connectivity index is 1.89. The molecule has 0 unspecified atom stereocenters. The molecule has 0 bridgehead atoms. The van der Waals surface area contributed by atoms with Crippen LogP contribution in [0.15, 0.2) is 54.9 Å². The minimum atomic E-state index is -0.409. The number of pyridine rings is 1. The number of hydrogen-bond donors (Lipinski definition) is 3. The van der Waals surface area contributed by atoms with Gasteiger partial charge in [0.15, 0.2) is 0 Å². The number of aromatic nitrogens is 3. The summed E-state index contributed by atoms with van der Waals surface area (Å²) in [6.45, 7) is 1.97. The summed E-state index contributed by atoms with van der Waals surface area (Å²) in [6.07, 6.45) is 3.36. The molecule has 1 aromatic carbocycles. The molecule has 2 aromatic heterocycles. The molecule has 0 aliphatic heterocycles. The molecular formula is C19H20N6O3. The molecule has 0 saturated carbocycles. The molecular weight excluding hydrogens is 360 g/mol. The second kappa shape index (κ2) is 8.87. The van der Waals surface area contributed by atoms with E-state index >= 15 is 0 Å². The minimum Gasteiger partial charge on any atom is -0.394 e. The first kappa shape index (κ1) is 19.2. The van der Waals surface area contributed by atoms with Crippen LogP contribution in [0.25, 0.3) is 11.3 Å². The second-order valence-corrected chi connectivity index (χ2v) is 6.17. The Morgan fingerprint density at radius 1 is 1.21 bits per heavy atom. The van der Waals surface area contributed by atoms with Crippen molar-refractivity contribution in [2.75, 3.05) is 17.2 Å². The van der Waals surface area contributed by atoms with Gasteiger partial charge in [0.1, 0.15) is 5.82 Å². The number of para-hydroxylation sites is 1. The summed E-state index contributed by atoms with van der Waals surface area (Å²) in [5.41, 5.74) is 2.04.